The van der Waals surface area contributed by atoms with Gasteiger partial charge in [-0.3, -0.25) is 15.2 Å². The van der Waals surface area contributed by atoms with Gasteiger partial charge in [-0.15, -0.1) is 5.10 Å². The van der Waals surface area contributed by atoms with Gasteiger partial charge in [0.15, 0.2) is 0 Å². The molecule has 2 heterocycles. The summed E-state index contributed by atoms with van der Waals surface area (Å²) >= 11 is 1.86. The number of hydrogen-bond donors (Lipinski definition) is 1. The van der Waals surface area contributed by atoms with Crippen LogP contribution in [0.15, 0.2) is 30.3 Å². The average Bonchev–Trinajstić information content (AvgIpc) is 2.94. The highest BCUT2D eigenvalue weighted by Crippen LogP contribution is 2.36. The Morgan fingerprint density at radius 1 is 1.25 bits per heavy atom. The first-order valence-corrected chi connectivity index (χ1v) is 7.53. The van der Waals surface area contributed by atoms with Crippen LogP contribution in [0.5, 0.6) is 0 Å². The number of aromatic amines is 1. The third kappa shape index (κ3) is 2.36. The monoisotopic (exact) mass is 290 g/mol. The highest BCUT2D eigenvalue weighted by atomic mass is 32.2. The molecule has 1 N–H and O–H groups in total. The summed E-state index contributed by atoms with van der Waals surface area (Å²) in [6.07, 6.45) is 0. The zero-order chi connectivity index (χ0) is 13.9. The number of nitro groups is 1. The van der Waals surface area contributed by atoms with Gasteiger partial charge in [0.1, 0.15) is 5.69 Å². The van der Waals surface area contributed by atoms with Crippen LogP contribution in [0.2, 0.25) is 0 Å². The van der Waals surface area contributed by atoms with Crippen LogP contribution >= 0.6 is 11.8 Å². The van der Waals surface area contributed by atoms with Gasteiger partial charge in [0.2, 0.25) is 5.82 Å². The quantitative estimate of drug-likeness (QED) is 0.694. The van der Waals surface area contributed by atoms with Crippen molar-refractivity contribution >= 4 is 23.3 Å². The van der Waals surface area contributed by atoms with Crippen molar-refractivity contribution in [2.45, 2.75) is 0 Å². The van der Waals surface area contributed by atoms with Gasteiger partial charge in [-0.2, -0.15) is 11.8 Å². The SMILES string of the molecule is O=[N+]([O-])c1c(N2CCSCC2)n[nH]c1-c1ccccc1. The summed E-state index contributed by atoms with van der Waals surface area (Å²) in [7, 11) is 0. The van der Waals surface area contributed by atoms with Crippen LogP contribution < -0.4 is 4.90 Å². The van der Waals surface area contributed by atoms with Gasteiger partial charge in [0.05, 0.1) is 4.92 Å². The van der Waals surface area contributed by atoms with Gasteiger partial charge in [0.25, 0.3) is 0 Å². The third-order valence-electron chi connectivity index (χ3n) is 3.28. The molecule has 7 heteroatoms. The second-order valence-corrected chi connectivity index (χ2v) is 5.72. The Morgan fingerprint density at radius 2 is 1.95 bits per heavy atom. The minimum atomic E-state index is -0.344. The summed E-state index contributed by atoms with van der Waals surface area (Å²) in [5.41, 5.74) is 1.33. The van der Waals surface area contributed by atoms with Gasteiger partial charge < -0.3 is 4.90 Å². The van der Waals surface area contributed by atoms with E-state index in [1.54, 1.807) is 0 Å². The zero-order valence-electron chi connectivity index (χ0n) is 10.8. The van der Waals surface area contributed by atoms with Crippen molar-refractivity contribution in [3.63, 3.8) is 0 Å². The lowest BCUT2D eigenvalue weighted by molar-refractivity contribution is -0.383. The molecule has 2 aromatic rings. The highest BCUT2D eigenvalue weighted by Gasteiger charge is 2.29. The van der Waals surface area contributed by atoms with Crippen LogP contribution in [0, 0.1) is 10.1 Å². The number of nitrogens with one attached hydrogen (secondary N) is 1. The predicted molar refractivity (Wildman–Crippen MR) is 80.2 cm³/mol. The van der Waals surface area contributed by atoms with E-state index in [-0.39, 0.29) is 10.6 Å². The van der Waals surface area contributed by atoms with E-state index >= 15 is 0 Å². The van der Waals surface area contributed by atoms with Gasteiger partial charge in [-0.1, -0.05) is 30.3 Å². The van der Waals surface area contributed by atoms with E-state index in [1.807, 2.05) is 47.0 Å². The Morgan fingerprint density at radius 3 is 2.60 bits per heavy atom. The van der Waals surface area contributed by atoms with E-state index in [4.69, 9.17) is 0 Å². The maximum absolute atomic E-state index is 11.4. The molecule has 0 saturated carbocycles. The zero-order valence-corrected chi connectivity index (χ0v) is 11.6. The van der Waals surface area contributed by atoms with Crippen molar-refractivity contribution in [2.75, 3.05) is 29.5 Å². The van der Waals surface area contributed by atoms with Crippen LogP contribution in [0.3, 0.4) is 0 Å². The van der Waals surface area contributed by atoms with Crippen molar-refractivity contribution in [3.05, 3.63) is 40.4 Å². The number of thioether (sulfide) groups is 1. The van der Waals surface area contributed by atoms with E-state index in [0.717, 1.165) is 30.2 Å². The first-order valence-electron chi connectivity index (χ1n) is 6.38. The molecule has 1 fully saturated rings. The molecule has 0 amide bonds. The average molecular weight is 290 g/mol. The Kier molecular flexibility index (Phi) is 3.60. The fourth-order valence-electron chi connectivity index (χ4n) is 2.30. The molecule has 3 rings (SSSR count). The van der Waals surface area contributed by atoms with Gasteiger partial charge >= 0.3 is 5.69 Å². The molecule has 1 aromatic heterocycles. The number of hydrogen-bond acceptors (Lipinski definition) is 5. The fraction of sp³-hybridized carbons (Fsp3) is 0.308. The molecule has 0 atom stereocenters. The largest absolute Gasteiger partial charge is 0.348 e. The lowest BCUT2D eigenvalue weighted by Crippen LogP contribution is -2.33. The Balaban J connectivity index is 2.04. The van der Waals surface area contributed by atoms with Gasteiger partial charge in [0, 0.05) is 30.2 Å². The molecule has 0 aliphatic carbocycles. The normalized spacial score (nSPS) is 15.3. The minimum Gasteiger partial charge on any atom is -0.348 e. The molecule has 1 aliphatic rings. The molecular weight excluding hydrogens is 276 g/mol. The van der Waals surface area contributed by atoms with E-state index in [2.05, 4.69) is 10.2 Å². The van der Waals surface area contributed by atoms with Crippen LogP contribution in [0.1, 0.15) is 0 Å². The third-order valence-corrected chi connectivity index (χ3v) is 4.22. The molecule has 0 bridgehead atoms. The van der Waals surface area contributed by atoms with E-state index in [9.17, 15) is 10.1 Å². The number of nitrogens with zero attached hydrogens (tertiary/aromatic N) is 3. The maximum Gasteiger partial charge on any atom is 0.338 e. The number of anilines is 1. The smallest absolute Gasteiger partial charge is 0.338 e. The van der Waals surface area contributed by atoms with Crippen molar-refractivity contribution in [2.24, 2.45) is 0 Å². The summed E-state index contributed by atoms with van der Waals surface area (Å²) in [5, 5.41) is 18.4. The van der Waals surface area contributed by atoms with Crippen molar-refractivity contribution in [3.8, 4) is 11.3 Å². The highest BCUT2D eigenvalue weighted by molar-refractivity contribution is 7.99. The summed E-state index contributed by atoms with van der Waals surface area (Å²) in [6, 6.07) is 9.29. The summed E-state index contributed by atoms with van der Waals surface area (Å²) < 4.78 is 0. The summed E-state index contributed by atoms with van der Waals surface area (Å²) in [6.45, 7) is 1.59. The molecule has 0 spiro atoms. The van der Waals surface area contributed by atoms with Gasteiger partial charge in [-0.25, -0.2) is 0 Å². The summed E-state index contributed by atoms with van der Waals surface area (Å²) in [4.78, 5) is 13.1. The first kappa shape index (κ1) is 13.0. The second kappa shape index (κ2) is 5.54. The topological polar surface area (TPSA) is 75.1 Å². The molecule has 1 saturated heterocycles. The van der Waals surface area contributed by atoms with E-state index < -0.39 is 0 Å². The van der Waals surface area contributed by atoms with E-state index in [0.29, 0.717) is 11.5 Å². The van der Waals surface area contributed by atoms with Crippen molar-refractivity contribution in [1.82, 2.24) is 10.2 Å². The predicted octanol–water partition coefficient (Wildman–Crippen LogP) is 2.54. The molecule has 0 radical (unpaired) electrons. The Hall–Kier alpha value is -2.02. The summed E-state index contributed by atoms with van der Waals surface area (Å²) in [5.74, 6) is 2.41. The second-order valence-electron chi connectivity index (χ2n) is 4.49. The molecule has 1 aliphatic heterocycles. The lowest BCUT2D eigenvalue weighted by Gasteiger charge is -2.25. The Labute approximate surface area is 120 Å². The Bertz CT molecular complexity index is 608. The van der Waals surface area contributed by atoms with Crippen molar-refractivity contribution in [1.29, 1.82) is 0 Å². The fourth-order valence-corrected chi connectivity index (χ4v) is 3.20. The molecule has 0 unspecified atom stereocenters. The van der Waals surface area contributed by atoms with Crippen LogP contribution in [0.4, 0.5) is 11.5 Å². The standard InChI is InChI=1S/C13H14N4O2S/c18-17(19)12-11(10-4-2-1-3-5-10)14-15-13(12)16-6-8-20-9-7-16/h1-5H,6-9H2,(H,14,15). The molecule has 1 aromatic carbocycles. The first-order chi connectivity index (χ1) is 9.77. The molecule has 20 heavy (non-hydrogen) atoms. The lowest BCUT2D eigenvalue weighted by atomic mass is 10.1. The van der Waals surface area contributed by atoms with Crippen LogP contribution in [0.25, 0.3) is 11.3 Å². The number of benzene rings is 1. The molecule has 104 valence electrons. The van der Waals surface area contributed by atoms with Crippen LogP contribution in [-0.4, -0.2) is 39.7 Å². The molecule has 6 nitrogen and oxygen atoms in total. The number of aromatic nitrogens is 2. The van der Waals surface area contributed by atoms with Gasteiger partial charge in [-0.05, 0) is 0 Å². The maximum atomic E-state index is 11.4. The van der Waals surface area contributed by atoms with E-state index in [1.165, 1.54) is 0 Å². The molecular formula is C13H14N4O2S. The number of H-pyrrole nitrogens is 1. The van der Waals surface area contributed by atoms with Crippen molar-refractivity contribution < 1.29 is 4.92 Å². The number of rotatable bonds is 3. The van der Waals surface area contributed by atoms with Crippen LogP contribution in [-0.2, 0) is 0 Å². The minimum absolute atomic E-state index is 0.0723.